The Morgan fingerprint density at radius 2 is 1.59 bits per heavy atom. The van der Waals surface area contributed by atoms with Crippen LogP contribution in [0.1, 0.15) is 5.56 Å². The third kappa shape index (κ3) is 2.99. The first-order valence-electron chi connectivity index (χ1n) is 6.37. The first kappa shape index (κ1) is 14.3. The van der Waals surface area contributed by atoms with Crippen molar-refractivity contribution in [2.45, 2.75) is 0 Å². The molecule has 0 saturated heterocycles. The van der Waals surface area contributed by atoms with Gasteiger partial charge in [0.15, 0.2) is 5.82 Å². The van der Waals surface area contributed by atoms with Gasteiger partial charge in [-0.3, -0.25) is 0 Å². The predicted molar refractivity (Wildman–Crippen MR) is 82.2 cm³/mol. The minimum atomic E-state index is -0.334. The molecule has 22 heavy (non-hydrogen) atoms. The topological polar surface area (TPSA) is 46.0 Å². The molecule has 2 aromatic carbocycles. The van der Waals surface area contributed by atoms with E-state index in [1.54, 1.807) is 24.3 Å². The molecule has 0 saturated carbocycles. The van der Waals surface area contributed by atoms with E-state index in [0.29, 0.717) is 16.2 Å². The van der Waals surface area contributed by atoms with Crippen molar-refractivity contribution < 1.29 is 8.78 Å². The van der Waals surface area contributed by atoms with Gasteiger partial charge >= 0.3 is 0 Å². The van der Waals surface area contributed by atoms with Gasteiger partial charge in [0.1, 0.15) is 11.6 Å². The zero-order valence-corrected chi connectivity index (χ0v) is 12.0. The van der Waals surface area contributed by atoms with Crippen molar-refractivity contribution in [3.05, 3.63) is 70.5 Å². The molecule has 1 aromatic heterocycles. The van der Waals surface area contributed by atoms with Crippen LogP contribution in [0.15, 0.2) is 53.6 Å². The quantitative estimate of drug-likeness (QED) is 0.590. The molecule has 0 bridgehead atoms. The largest absolute Gasteiger partial charge is 0.250 e. The third-order valence-electron chi connectivity index (χ3n) is 2.95. The lowest BCUT2D eigenvalue weighted by Gasteiger charge is -2.01. The number of nitrogens with one attached hydrogen (secondary N) is 1. The fraction of sp³-hybridized carbons (Fsp3) is 0. The minimum Gasteiger partial charge on any atom is -0.250 e. The number of hydrogen-bond acceptors (Lipinski definition) is 3. The van der Waals surface area contributed by atoms with Crippen LogP contribution in [-0.2, 0) is 0 Å². The van der Waals surface area contributed by atoms with Gasteiger partial charge in [0.25, 0.3) is 0 Å². The van der Waals surface area contributed by atoms with E-state index in [2.05, 4.69) is 15.3 Å². The number of aromatic nitrogens is 3. The van der Waals surface area contributed by atoms with Crippen LogP contribution in [-0.4, -0.2) is 21.1 Å². The van der Waals surface area contributed by atoms with E-state index in [1.165, 1.54) is 35.2 Å². The second kappa shape index (κ2) is 5.98. The average Bonchev–Trinajstić information content (AvgIpc) is 2.89. The Morgan fingerprint density at radius 3 is 2.23 bits per heavy atom. The molecular formula is C15H10F2N4S. The Labute approximate surface area is 129 Å². The molecule has 0 atom stereocenters. The molecule has 0 radical (unpaired) electrons. The zero-order chi connectivity index (χ0) is 15.5. The smallest absolute Gasteiger partial charge is 0.216 e. The molecule has 0 aliphatic heterocycles. The maximum atomic E-state index is 13.0. The van der Waals surface area contributed by atoms with E-state index < -0.39 is 0 Å². The lowest BCUT2D eigenvalue weighted by molar-refractivity contribution is 0.627. The van der Waals surface area contributed by atoms with Crippen molar-refractivity contribution in [1.29, 1.82) is 0 Å². The number of H-pyrrole nitrogens is 1. The second-order valence-corrected chi connectivity index (χ2v) is 4.85. The SMILES string of the molecule is Fc1ccc(/C=N\n2c(-c3ccc(F)cc3)n[nH]c2=S)cc1. The average molecular weight is 316 g/mol. The first-order chi connectivity index (χ1) is 10.6. The number of aromatic amines is 1. The van der Waals surface area contributed by atoms with Crippen LogP contribution < -0.4 is 0 Å². The molecule has 1 heterocycles. The normalized spacial score (nSPS) is 11.2. The van der Waals surface area contributed by atoms with Crippen LogP contribution in [0.4, 0.5) is 8.78 Å². The number of benzene rings is 2. The first-order valence-corrected chi connectivity index (χ1v) is 6.77. The summed E-state index contributed by atoms with van der Waals surface area (Å²) < 4.78 is 27.6. The summed E-state index contributed by atoms with van der Waals surface area (Å²) in [5.41, 5.74) is 1.39. The zero-order valence-electron chi connectivity index (χ0n) is 11.2. The Balaban J connectivity index is 1.97. The molecular weight excluding hydrogens is 306 g/mol. The Hall–Kier alpha value is -2.67. The van der Waals surface area contributed by atoms with E-state index >= 15 is 0 Å². The van der Waals surface area contributed by atoms with Crippen LogP contribution in [0.2, 0.25) is 0 Å². The van der Waals surface area contributed by atoms with Gasteiger partial charge in [0, 0.05) is 5.56 Å². The predicted octanol–water partition coefficient (Wildman–Crippen LogP) is 3.77. The molecule has 3 aromatic rings. The summed E-state index contributed by atoms with van der Waals surface area (Å²) in [7, 11) is 0. The van der Waals surface area contributed by atoms with Crippen molar-refractivity contribution >= 4 is 18.4 Å². The Morgan fingerprint density at radius 1 is 1.00 bits per heavy atom. The van der Waals surface area contributed by atoms with Crippen LogP contribution in [0.3, 0.4) is 0 Å². The van der Waals surface area contributed by atoms with E-state index in [-0.39, 0.29) is 11.6 Å². The fourth-order valence-electron chi connectivity index (χ4n) is 1.86. The van der Waals surface area contributed by atoms with Crippen LogP contribution in [0, 0.1) is 16.4 Å². The van der Waals surface area contributed by atoms with Crippen LogP contribution in [0.5, 0.6) is 0 Å². The lowest BCUT2D eigenvalue weighted by atomic mass is 10.2. The fourth-order valence-corrected chi connectivity index (χ4v) is 2.04. The summed E-state index contributed by atoms with van der Waals surface area (Å²) in [6.45, 7) is 0. The molecule has 0 fully saturated rings. The molecule has 110 valence electrons. The molecule has 0 unspecified atom stereocenters. The molecule has 3 rings (SSSR count). The van der Waals surface area contributed by atoms with Gasteiger partial charge in [-0.25, -0.2) is 13.9 Å². The summed E-state index contributed by atoms with van der Waals surface area (Å²) >= 11 is 5.13. The number of rotatable bonds is 3. The van der Waals surface area contributed by atoms with Crippen molar-refractivity contribution in [2.24, 2.45) is 5.10 Å². The summed E-state index contributed by atoms with van der Waals surface area (Å²) in [6, 6.07) is 11.7. The summed E-state index contributed by atoms with van der Waals surface area (Å²) in [4.78, 5) is 0. The number of nitrogens with zero attached hydrogens (tertiary/aromatic N) is 3. The standard InChI is InChI=1S/C15H10F2N4S/c16-12-5-1-10(2-6-12)9-18-21-14(19-20-15(21)22)11-3-7-13(17)8-4-11/h1-9H,(H,20,22)/b18-9-. The highest BCUT2D eigenvalue weighted by atomic mass is 32.1. The summed E-state index contributed by atoms with van der Waals surface area (Å²) in [6.07, 6.45) is 1.54. The minimum absolute atomic E-state index is 0.303. The van der Waals surface area contributed by atoms with Crippen molar-refractivity contribution in [1.82, 2.24) is 14.9 Å². The monoisotopic (exact) mass is 316 g/mol. The number of hydrogen-bond donors (Lipinski definition) is 1. The molecule has 0 aliphatic carbocycles. The molecule has 4 nitrogen and oxygen atoms in total. The van der Waals surface area contributed by atoms with Gasteiger partial charge in [0.05, 0.1) is 6.21 Å². The van der Waals surface area contributed by atoms with Gasteiger partial charge in [-0.2, -0.15) is 14.9 Å². The maximum absolute atomic E-state index is 13.0. The van der Waals surface area contributed by atoms with Crippen molar-refractivity contribution in [2.75, 3.05) is 0 Å². The second-order valence-electron chi connectivity index (χ2n) is 4.47. The molecule has 1 N–H and O–H groups in total. The van der Waals surface area contributed by atoms with Crippen molar-refractivity contribution in [3.8, 4) is 11.4 Å². The lowest BCUT2D eigenvalue weighted by Crippen LogP contribution is -1.95. The van der Waals surface area contributed by atoms with E-state index in [9.17, 15) is 8.78 Å². The van der Waals surface area contributed by atoms with E-state index in [4.69, 9.17) is 12.2 Å². The molecule has 0 amide bonds. The Bertz CT molecular complexity index is 864. The highest BCUT2D eigenvalue weighted by Gasteiger charge is 2.07. The highest BCUT2D eigenvalue weighted by molar-refractivity contribution is 7.71. The molecule has 0 aliphatic rings. The maximum Gasteiger partial charge on any atom is 0.216 e. The van der Waals surface area contributed by atoms with Gasteiger partial charge in [-0.05, 0) is 54.2 Å². The van der Waals surface area contributed by atoms with Gasteiger partial charge < -0.3 is 0 Å². The summed E-state index contributed by atoms with van der Waals surface area (Å²) in [5, 5.41) is 11.0. The highest BCUT2D eigenvalue weighted by Crippen LogP contribution is 2.17. The molecule has 7 heteroatoms. The van der Waals surface area contributed by atoms with Gasteiger partial charge in [-0.1, -0.05) is 12.1 Å². The van der Waals surface area contributed by atoms with E-state index in [1.807, 2.05) is 0 Å². The van der Waals surface area contributed by atoms with Crippen LogP contribution >= 0.6 is 12.2 Å². The molecule has 0 spiro atoms. The van der Waals surface area contributed by atoms with Crippen molar-refractivity contribution in [3.63, 3.8) is 0 Å². The van der Waals surface area contributed by atoms with E-state index in [0.717, 1.165) is 5.56 Å². The van der Waals surface area contributed by atoms with Crippen LogP contribution in [0.25, 0.3) is 11.4 Å². The Kier molecular flexibility index (Phi) is 3.88. The third-order valence-corrected chi connectivity index (χ3v) is 3.21. The van der Waals surface area contributed by atoms with Gasteiger partial charge in [-0.15, -0.1) is 0 Å². The summed E-state index contributed by atoms with van der Waals surface area (Å²) in [5.74, 6) is -0.188. The number of halogens is 2. The van der Waals surface area contributed by atoms with Gasteiger partial charge in [0.2, 0.25) is 4.77 Å².